The fourth-order valence-corrected chi connectivity index (χ4v) is 2.92. The number of carbonyl (C=O) groups excluding carboxylic acids is 1. The minimum Gasteiger partial charge on any atom is -0.348 e. The van der Waals surface area contributed by atoms with E-state index < -0.39 is 0 Å². The minimum absolute atomic E-state index is 0.0509. The van der Waals surface area contributed by atoms with Crippen LogP contribution in [0.5, 0.6) is 0 Å². The molecule has 0 bridgehead atoms. The molecular weight excluding hydrogens is 298 g/mol. The van der Waals surface area contributed by atoms with Crippen LogP contribution in [0.15, 0.2) is 12.1 Å². The number of halogens is 2. The van der Waals surface area contributed by atoms with Crippen LogP contribution in [0.4, 0.5) is 0 Å². The number of rotatable bonds is 4. The largest absolute Gasteiger partial charge is 0.348 e. The van der Waals surface area contributed by atoms with Gasteiger partial charge in [0.25, 0.3) is 5.91 Å². The first-order valence-corrected chi connectivity index (χ1v) is 6.98. The molecule has 1 N–H and O–H groups in total. The van der Waals surface area contributed by atoms with Gasteiger partial charge in [0.05, 0.1) is 9.21 Å². The molecule has 1 heterocycles. The summed E-state index contributed by atoms with van der Waals surface area (Å²) in [6.07, 6.45) is 0. The monoisotopic (exact) mass is 309 g/mol. The quantitative estimate of drug-likeness (QED) is 0.847. The second kappa shape index (κ2) is 5.87. The van der Waals surface area contributed by atoms with Crippen molar-refractivity contribution in [3.63, 3.8) is 0 Å². The Balaban J connectivity index is 2.62. The standard InChI is InChI=1S/C10H13BrClNOS/c1-6(2)7(5-11)13-10(14)8-3-4-9(12)15-8/h3-4,6-7H,5H2,1-2H3,(H,13,14). The third kappa shape index (κ3) is 3.78. The average Bonchev–Trinajstić information content (AvgIpc) is 2.60. The van der Waals surface area contributed by atoms with Gasteiger partial charge in [-0.1, -0.05) is 41.4 Å². The molecule has 0 saturated carbocycles. The van der Waals surface area contributed by atoms with Crippen LogP contribution in [-0.4, -0.2) is 17.3 Å². The molecule has 2 nitrogen and oxygen atoms in total. The summed E-state index contributed by atoms with van der Waals surface area (Å²) in [6.45, 7) is 4.15. The van der Waals surface area contributed by atoms with E-state index in [1.54, 1.807) is 12.1 Å². The Morgan fingerprint density at radius 3 is 2.67 bits per heavy atom. The fourth-order valence-electron chi connectivity index (χ4n) is 1.06. The first-order valence-electron chi connectivity index (χ1n) is 4.66. The molecule has 1 unspecified atom stereocenters. The highest BCUT2D eigenvalue weighted by Crippen LogP contribution is 2.21. The van der Waals surface area contributed by atoms with E-state index in [9.17, 15) is 4.79 Å². The maximum atomic E-state index is 11.8. The summed E-state index contributed by atoms with van der Waals surface area (Å²) >= 11 is 10.5. The Labute approximate surface area is 107 Å². The zero-order valence-corrected chi connectivity index (χ0v) is 11.7. The molecule has 0 aromatic carbocycles. The molecule has 1 aromatic heterocycles. The fraction of sp³-hybridized carbons (Fsp3) is 0.500. The van der Waals surface area contributed by atoms with Crippen LogP contribution in [0.1, 0.15) is 23.5 Å². The summed E-state index contributed by atoms with van der Waals surface area (Å²) in [7, 11) is 0. The number of nitrogens with one attached hydrogen (secondary N) is 1. The zero-order valence-electron chi connectivity index (χ0n) is 8.59. The molecule has 15 heavy (non-hydrogen) atoms. The Morgan fingerprint density at radius 2 is 2.27 bits per heavy atom. The van der Waals surface area contributed by atoms with E-state index in [2.05, 4.69) is 35.1 Å². The van der Waals surface area contributed by atoms with Gasteiger partial charge >= 0.3 is 0 Å². The minimum atomic E-state index is -0.0509. The summed E-state index contributed by atoms with van der Waals surface area (Å²) < 4.78 is 0.639. The molecule has 0 radical (unpaired) electrons. The molecule has 0 spiro atoms. The molecule has 84 valence electrons. The molecule has 1 atom stereocenters. The Hall–Kier alpha value is -0.0600. The number of hydrogen-bond acceptors (Lipinski definition) is 2. The summed E-state index contributed by atoms with van der Waals surface area (Å²) in [5.74, 6) is 0.355. The number of hydrogen-bond donors (Lipinski definition) is 1. The van der Waals surface area contributed by atoms with Crippen molar-refractivity contribution in [2.45, 2.75) is 19.9 Å². The van der Waals surface area contributed by atoms with Crippen molar-refractivity contribution >= 4 is 44.8 Å². The van der Waals surface area contributed by atoms with E-state index >= 15 is 0 Å². The molecule has 0 aliphatic rings. The van der Waals surface area contributed by atoms with Gasteiger partial charge in [-0.05, 0) is 18.1 Å². The summed E-state index contributed by atoms with van der Waals surface area (Å²) in [5.41, 5.74) is 0. The number of thiophene rings is 1. The number of amides is 1. The second-order valence-electron chi connectivity index (χ2n) is 3.58. The predicted molar refractivity (Wildman–Crippen MR) is 69.2 cm³/mol. The van der Waals surface area contributed by atoms with E-state index in [-0.39, 0.29) is 11.9 Å². The molecule has 1 amide bonds. The lowest BCUT2D eigenvalue weighted by Crippen LogP contribution is -2.39. The molecule has 0 fully saturated rings. The topological polar surface area (TPSA) is 29.1 Å². The van der Waals surface area contributed by atoms with Gasteiger partial charge in [-0.2, -0.15) is 0 Å². The first-order chi connectivity index (χ1) is 7.04. The van der Waals surface area contributed by atoms with Gasteiger partial charge in [0.2, 0.25) is 0 Å². The van der Waals surface area contributed by atoms with Gasteiger partial charge in [0.1, 0.15) is 0 Å². The summed E-state index contributed by atoms with van der Waals surface area (Å²) in [4.78, 5) is 12.4. The highest BCUT2D eigenvalue weighted by atomic mass is 79.9. The van der Waals surface area contributed by atoms with Crippen molar-refractivity contribution in [2.24, 2.45) is 5.92 Å². The molecule has 1 aromatic rings. The van der Waals surface area contributed by atoms with Crippen LogP contribution < -0.4 is 5.32 Å². The van der Waals surface area contributed by atoms with Crippen LogP contribution >= 0.6 is 38.9 Å². The van der Waals surface area contributed by atoms with Gasteiger partial charge in [0.15, 0.2) is 0 Å². The van der Waals surface area contributed by atoms with Crippen molar-refractivity contribution in [2.75, 3.05) is 5.33 Å². The van der Waals surface area contributed by atoms with Crippen LogP contribution in [0.2, 0.25) is 4.34 Å². The third-order valence-corrected chi connectivity index (χ3v) is 4.01. The van der Waals surface area contributed by atoms with E-state index in [1.807, 2.05) is 0 Å². The average molecular weight is 311 g/mol. The van der Waals surface area contributed by atoms with Crippen LogP contribution in [0, 0.1) is 5.92 Å². The van der Waals surface area contributed by atoms with Crippen LogP contribution in [0.25, 0.3) is 0 Å². The molecule has 0 aliphatic heterocycles. The van der Waals surface area contributed by atoms with Gasteiger partial charge < -0.3 is 5.32 Å². The number of carbonyl (C=O) groups is 1. The van der Waals surface area contributed by atoms with Crippen molar-refractivity contribution in [3.8, 4) is 0 Å². The summed E-state index contributed by atoms with van der Waals surface area (Å²) in [5, 5.41) is 3.72. The van der Waals surface area contributed by atoms with Gasteiger partial charge in [-0.15, -0.1) is 11.3 Å². The predicted octanol–water partition coefficient (Wildman–Crippen LogP) is 3.55. The van der Waals surface area contributed by atoms with Crippen molar-refractivity contribution in [1.82, 2.24) is 5.32 Å². The van der Waals surface area contributed by atoms with Gasteiger partial charge in [0, 0.05) is 11.4 Å². The van der Waals surface area contributed by atoms with E-state index in [0.717, 1.165) is 5.33 Å². The number of alkyl halides is 1. The van der Waals surface area contributed by atoms with Gasteiger partial charge in [-0.3, -0.25) is 4.79 Å². The maximum Gasteiger partial charge on any atom is 0.261 e. The second-order valence-corrected chi connectivity index (χ2v) is 5.94. The van der Waals surface area contributed by atoms with Crippen LogP contribution in [0.3, 0.4) is 0 Å². The normalized spacial score (nSPS) is 12.9. The lowest BCUT2D eigenvalue weighted by atomic mass is 10.1. The molecule has 0 saturated heterocycles. The summed E-state index contributed by atoms with van der Waals surface area (Å²) in [6, 6.07) is 3.63. The van der Waals surface area contributed by atoms with Crippen molar-refractivity contribution in [3.05, 3.63) is 21.3 Å². The highest BCUT2D eigenvalue weighted by molar-refractivity contribution is 9.09. The van der Waals surface area contributed by atoms with Crippen molar-refractivity contribution in [1.29, 1.82) is 0 Å². The van der Waals surface area contributed by atoms with E-state index in [4.69, 9.17) is 11.6 Å². The van der Waals surface area contributed by atoms with E-state index in [0.29, 0.717) is 15.1 Å². The van der Waals surface area contributed by atoms with Gasteiger partial charge in [-0.25, -0.2) is 0 Å². The highest BCUT2D eigenvalue weighted by Gasteiger charge is 2.16. The van der Waals surface area contributed by atoms with Crippen LogP contribution in [-0.2, 0) is 0 Å². The lowest BCUT2D eigenvalue weighted by molar-refractivity contribution is 0.0936. The third-order valence-electron chi connectivity index (χ3n) is 2.08. The molecule has 0 aliphatic carbocycles. The Kier molecular flexibility index (Phi) is 5.09. The first kappa shape index (κ1) is 13.0. The smallest absolute Gasteiger partial charge is 0.261 e. The SMILES string of the molecule is CC(C)C(CBr)NC(=O)c1ccc(Cl)s1. The molecule has 1 rings (SSSR count). The maximum absolute atomic E-state index is 11.8. The van der Waals surface area contributed by atoms with Crippen molar-refractivity contribution < 1.29 is 4.79 Å². The Morgan fingerprint density at radius 1 is 1.60 bits per heavy atom. The molecular formula is C10H13BrClNOS. The van der Waals surface area contributed by atoms with E-state index in [1.165, 1.54) is 11.3 Å². The molecule has 5 heteroatoms. The Bertz CT molecular complexity index is 340. The zero-order chi connectivity index (χ0) is 11.4. The lowest BCUT2D eigenvalue weighted by Gasteiger charge is -2.19.